The number of carbonyl (C=O) groups excluding carboxylic acids is 1. The molecular formula is C21H24F3N7O. The monoisotopic (exact) mass is 447 g/mol. The Labute approximate surface area is 182 Å². The van der Waals surface area contributed by atoms with Gasteiger partial charge < -0.3 is 15.2 Å². The van der Waals surface area contributed by atoms with Gasteiger partial charge in [-0.2, -0.15) is 18.3 Å². The highest BCUT2D eigenvalue weighted by Gasteiger charge is 2.54. The first-order valence-corrected chi connectivity index (χ1v) is 10.5. The summed E-state index contributed by atoms with van der Waals surface area (Å²) in [6.45, 7) is 2.41. The standard InChI is InChI=1S/C21H24F3N7O/c1-13-10-30(20(3-4-20)11-29(13)2)19(32)28-17-9-25-8-15(17)16-5-18-14(6-26-16)7-27-31(18)12-21(22,23)24/h5-9,13,25H,3-4,10-12H2,1-2H3,(H,28,32)/t13-/m0/s1. The van der Waals surface area contributed by atoms with Crippen molar-refractivity contribution in [2.45, 2.75) is 44.1 Å². The van der Waals surface area contributed by atoms with Crippen LogP contribution in [0.15, 0.2) is 30.9 Å². The highest BCUT2D eigenvalue weighted by atomic mass is 19.4. The van der Waals surface area contributed by atoms with Crippen molar-refractivity contribution < 1.29 is 18.0 Å². The van der Waals surface area contributed by atoms with E-state index in [2.05, 4.69) is 39.3 Å². The number of anilines is 1. The molecule has 170 valence electrons. The summed E-state index contributed by atoms with van der Waals surface area (Å²) >= 11 is 0. The molecule has 0 bridgehead atoms. The van der Waals surface area contributed by atoms with Gasteiger partial charge in [0.15, 0.2) is 0 Å². The number of hydrogen-bond donors (Lipinski definition) is 2. The van der Waals surface area contributed by atoms with E-state index >= 15 is 0 Å². The van der Waals surface area contributed by atoms with E-state index < -0.39 is 12.7 Å². The van der Waals surface area contributed by atoms with Crippen LogP contribution in [-0.2, 0) is 6.54 Å². The van der Waals surface area contributed by atoms with E-state index in [4.69, 9.17) is 0 Å². The van der Waals surface area contributed by atoms with E-state index in [0.29, 0.717) is 34.4 Å². The third kappa shape index (κ3) is 3.70. The number of amides is 2. The van der Waals surface area contributed by atoms with Crippen molar-refractivity contribution in [2.24, 2.45) is 0 Å². The number of fused-ring (bicyclic) bond motifs is 1. The van der Waals surface area contributed by atoms with Gasteiger partial charge in [-0.1, -0.05) is 0 Å². The van der Waals surface area contributed by atoms with E-state index in [9.17, 15) is 18.0 Å². The first-order valence-electron chi connectivity index (χ1n) is 10.5. The Hall–Kier alpha value is -3.08. The quantitative estimate of drug-likeness (QED) is 0.642. The molecule has 1 saturated carbocycles. The Kier molecular flexibility index (Phi) is 4.70. The number of rotatable bonds is 3. The Morgan fingerprint density at radius 2 is 2.09 bits per heavy atom. The smallest absolute Gasteiger partial charge is 0.365 e. The lowest BCUT2D eigenvalue weighted by Crippen LogP contribution is -2.60. The summed E-state index contributed by atoms with van der Waals surface area (Å²) in [6, 6.07) is 1.65. The lowest BCUT2D eigenvalue weighted by Gasteiger charge is -2.44. The van der Waals surface area contributed by atoms with Gasteiger partial charge in [-0.3, -0.25) is 14.6 Å². The van der Waals surface area contributed by atoms with Crippen molar-refractivity contribution in [3.63, 3.8) is 0 Å². The molecule has 1 atom stereocenters. The predicted molar refractivity (Wildman–Crippen MR) is 113 cm³/mol. The summed E-state index contributed by atoms with van der Waals surface area (Å²) in [6.07, 6.45) is 3.77. The zero-order valence-electron chi connectivity index (χ0n) is 17.8. The number of nitrogens with zero attached hydrogens (tertiary/aromatic N) is 5. The second kappa shape index (κ2) is 7.22. The van der Waals surface area contributed by atoms with E-state index in [1.54, 1.807) is 18.5 Å². The summed E-state index contributed by atoms with van der Waals surface area (Å²) in [7, 11) is 2.08. The normalized spacial score (nSPS) is 20.8. The molecule has 0 aromatic carbocycles. The minimum Gasteiger partial charge on any atom is -0.365 e. The highest BCUT2D eigenvalue weighted by Crippen LogP contribution is 2.45. The molecule has 1 aliphatic heterocycles. The molecule has 11 heteroatoms. The van der Waals surface area contributed by atoms with Crippen LogP contribution in [0, 0.1) is 0 Å². The molecule has 5 rings (SSSR count). The number of urea groups is 1. The number of carbonyl (C=O) groups is 1. The molecule has 2 amide bonds. The van der Waals surface area contributed by atoms with Gasteiger partial charge in [-0.15, -0.1) is 0 Å². The summed E-state index contributed by atoms with van der Waals surface area (Å²) in [5, 5.41) is 7.33. The van der Waals surface area contributed by atoms with Crippen molar-refractivity contribution >= 4 is 22.6 Å². The fraction of sp³-hybridized carbons (Fsp3) is 0.476. The van der Waals surface area contributed by atoms with Crippen molar-refractivity contribution in [3.8, 4) is 11.3 Å². The van der Waals surface area contributed by atoms with Crippen LogP contribution >= 0.6 is 0 Å². The largest absolute Gasteiger partial charge is 0.408 e. The second-order valence-corrected chi connectivity index (χ2v) is 8.86. The van der Waals surface area contributed by atoms with Crippen LogP contribution in [0.4, 0.5) is 23.7 Å². The van der Waals surface area contributed by atoms with E-state index in [1.165, 1.54) is 12.4 Å². The van der Waals surface area contributed by atoms with Crippen LogP contribution in [0.1, 0.15) is 19.8 Å². The van der Waals surface area contributed by atoms with E-state index in [0.717, 1.165) is 24.1 Å². The maximum atomic E-state index is 13.2. The lowest BCUT2D eigenvalue weighted by molar-refractivity contribution is -0.141. The number of aromatic amines is 1. The number of likely N-dealkylation sites (N-methyl/N-ethyl adjacent to an activating group) is 1. The molecule has 2 aliphatic rings. The van der Waals surface area contributed by atoms with Crippen LogP contribution < -0.4 is 5.32 Å². The Morgan fingerprint density at radius 3 is 2.81 bits per heavy atom. The first kappa shape index (κ1) is 20.8. The molecule has 32 heavy (non-hydrogen) atoms. The molecule has 4 heterocycles. The molecule has 0 unspecified atom stereocenters. The van der Waals surface area contributed by atoms with Crippen molar-refractivity contribution in [1.29, 1.82) is 0 Å². The Bertz CT molecular complexity index is 1160. The lowest BCUT2D eigenvalue weighted by atomic mass is 10.1. The minimum atomic E-state index is -4.38. The average Bonchev–Trinajstić information content (AvgIpc) is 3.14. The Morgan fingerprint density at radius 1 is 1.31 bits per heavy atom. The van der Waals surface area contributed by atoms with Crippen molar-refractivity contribution in [2.75, 3.05) is 25.5 Å². The number of aromatic nitrogens is 4. The minimum absolute atomic E-state index is 0.108. The average molecular weight is 447 g/mol. The van der Waals surface area contributed by atoms with Gasteiger partial charge in [0.1, 0.15) is 6.54 Å². The molecule has 0 radical (unpaired) electrons. The number of piperazine rings is 1. The summed E-state index contributed by atoms with van der Waals surface area (Å²) in [5.41, 5.74) is 1.81. The summed E-state index contributed by atoms with van der Waals surface area (Å²) in [5.74, 6) is 0. The van der Waals surface area contributed by atoms with Gasteiger partial charge in [-0.25, -0.2) is 4.79 Å². The zero-order chi connectivity index (χ0) is 22.7. The number of H-pyrrole nitrogens is 1. The van der Waals surface area contributed by atoms with Crippen LogP contribution in [-0.4, -0.2) is 73.5 Å². The molecule has 2 N–H and O–H groups in total. The number of halogens is 3. The Balaban J connectivity index is 1.41. The molecule has 1 aliphatic carbocycles. The van der Waals surface area contributed by atoms with Gasteiger partial charge in [0, 0.05) is 48.7 Å². The molecule has 8 nitrogen and oxygen atoms in total. The maximum absolute atomic E-state index is 13.2. The molecular weight excluding hydrogens is 423 g/mol. The topological polar surface area (TPSA) is 82.1 Å². The summed E-state index contributed by atoms with van der Waals surface area (Å²) in [4.78, 5) is 24.7. The first-order chi connectivity index (χ1) is 15.2. The second-order valence-electron chi connectivity index (χ2n) is 8.86. The predicted octanol–water partition coefficient (Wildman–Crippen LogP) is 3.69. The molecule has 1 spiro atoms. The van der Waals surface area contributed by atoms with Gasteiger partial charge in [0.25, 0.3) is 0 Å². The molecule has 2 fully saturated rings. The fourth-order valence-corrected chi connectivity index (χ4v) is 4.45. The van der Waals surface area contributed by atoms with E-state index in [-0.39, 0.29) is 17.6 Å². The van der Waals surface area contributed by atoms with Crippen LogP contribution in [0.25, 0.3) is 22.2 Å². The molecule has 3 aromatic heterocycles. The molecule has 1 saturated heterocycles. The van der Waals surface area contributed by atoms with Gasteiger partial charge in [-0.05, 0) is 32.9 Å². The third-order valence-corrected chi connectivity index (χ3v) is 6.51. The number of hydrogen-bond acceptors (Lipinski definition) is 4. The number of pyridine rings is 1. The van der Waals surface area contributed by atoms with Crippen molar-refractivity contribution in [1.82, 2.24) is 29.5 Å². The van der Waals surface area contributed by atoms with Crippen LogP contribution in [0.5, 0.6) is 0 Å². The summed E-state index contributed by atoms with van der Waals surface area (Å²) < 4.78 is 39.6. The van der Waals surface area contributed by atoms with Gasteiger partial charge >= 0.3 is 12.2 Å². The number of nitrogens with one attached hydrogen (secondary N) is 2. The van der Waals surface area contributed by atoms with Crippen molar-refractivity contribution in [3.05, 3.63) is 30.9 Å². The fourth-order valence-electron chi connectivity index (χ4n) is 4.45. The van der Waals surface area contributed by atoms with Gasteiger partial charge in [0.2, 0.25) is 0 Å². The van der Waals surface area contributed by atoms with Crippen LogP contribution in [0.3, 0.4) is 0 Å². The zero-order valence-corrected chi connectivity index (χ0v) is 17.8. The SMILES string of the molecule is C[C@H]1CN(C(=O)Nc2c[nH]cc2-c2cc3c(cn2)cnn3CC(F)(F)F)C2(CC2)CN1C. The van der Waals surface area contributed by atoms with E-state index in [1.807, 2.05) is 4.90 Å². The third-order valence-electron chi connectivity index (χ3n) is 6.51. The highest BCUT2D eigenvalue weighted by molar-refractivity contribution is 5.95. The number of alkyl halides is 3. The van der Waals surface area contributed by atoms with Gasteiger partial charge in [0.05, 0.1) is 28.6 Å². The van der Waals surface area contributed by atoms with Crippen LogP contribution in [0.2, 0.25) is 0 Å². The maximum Gasteiger partial charge on any atom is 0.408 e. The molecule has 3 aromatic rings.